The van der Waals surface area contributed by atoms with Crippen molar-refractivity contribution in [3.8, 4) is 0 Å². The fourth-order valence-electron chi connectivity index (χ4n) is 2.86. The number of carbonyl (C=O) groups excluding carboxylic acids is 1. The molecule has 1 aliphatic carbocycles. The van der Waals surface area contributed by atoms with Gasteiger partial charge in [0, 0.05) is 12.6 Å². The maximum atomic E-state index is 12.8. The minimum Gasteiger partial charge on any atom is -0.352 e. The number of amides is 1. The molecule has 1 aliphatic rings. The van der Waals surface area contributed by atoms with Crippen LogP contribution < -0.4 is 10.9 Å². The molecule has 1 saturated carbocycles. The van der Waals surface area contributed by atoms with Crippen molar-refractivity contribution in [3.63, 3.8) is 0 Å². The Morgan fingerprint density at radius 3 is 2.92 bits per heavy atom. The van der Waals surface area contributed by atoms with Crippen LogP contribution in [0.1, 0.15) is 19.8 Å². The Hall–Kier alpha value is -2.61. The lowest BCUT2D eigenvalue weighted by molar-refractivity contribution is -0.120. The van der Waals surface area contributed by atoms with E-state index in [1.807, 2.05) is 29.5 Å². The first-order valence-corrected chi connectivity index (χ1v) is 9.42. The maximum absolute atomic E-state index is 12.8. The van der Waals surface area contributed by atoms with Gasteiger partial charge >= 0.3 is 0 Å². The normalized spacial score (nSPS) is 15.3. The number of para-hydroxylation sites is 1. The third kappa shape index (κ3) is 2.90. The van der Waals surface area contributed by atoms with Gasteiger partial charge in [-0.15, -0.1) is 16.8 Å². The van der Waals surface area contributed by atoms with E-state index in [-0.39, 0.29) is 16.7 Å². The molecule has 2 heterocycles. The quantitative estimate of drug-likeness (QED) is 0.531. The number of benzene rings is 1. The summed E-state index contributed by atoms with van der Waals surface area (Å²) in [6, 6.07) is 7.67. The standard InChI is InChI=1S/C18H19N5O2S/c1-3-10-22-16(25)13-6-4-5-7-14(13)23-17(22)20-21-18(23)26-11(2)15(24)19-12-8-9-12/h3-7,11-12H,1,8-10H2,2H3,(H,19,24). The van der Waals surface area contributed by atoms with Gasteiger partial charge in [-0.05, 0) is 31.9 Å². The lowest BCUT2D eigenvalue weighted by Crippen LogP contribution is -2.32. The summed E-state index contributed by atoms with van der Waals surface area (Å²) in [6.45, 7) is 5.91. The van der Waals surface area contributed by atoms with Crippen LogP contribution in [-0.2, 0) is 11.3 Å². The van der Waals surface area contributed by atoms with Gasteiger partial charge in [-0.3, -0.25) is 18.6 Å². The molecule has 8 heteroatoms. The van der Waals surface area contributed by atoms with Crippen molar-refractivity contribution in [2.75, 3.05) is 0 Å². The number of rotatable bonds is 6. The number of carbonyl (C=O) groups is 1. The average molecular weight is 369 g/mol. The van der Waals surface area contributed by atoms with Crippen molar-refractivity contribution < 1.29 is 4.79 Å². The minimum absolute atomic E-state index is 0.00188. The Morgan fingerprint density at radius 2 is 2.19 bits per heavy atom. The summed E-state index contributed by atoms with van der Waals surface area (Å²) in [6.07, 6.45) is 3.76. The molecule has 0 radical (unpaired) electrons. The van der Waals surface area contributed by atoms with Gasteiger partial charge in [0.05, 0.1) is 16.2 Å². The second-order valence-corrected chi connectivity index (χ2v) is 7.69. The molecular formula is C18H19N5O2S. The predicted molar refractivity (Wildman–Crippen MR) is 101 cm³/mol. The Bertz CT molecular complexity index is 1070. The van der Waals surface area contributed by atoms with Gasteiger partial charge < -0.3 is 5.32 Å². The molecule has 1 amide bonds. The molecule has 1 N–H and O–H groups in total. The largest absolute Gasteiger partial charge is 0.352 e. The van der Waals surface area contributed by atoms with Crippen LogP contribution in [0.3, 0.4) is 0 Å². The Kier molecular flexibility index (Phi) is 4.28. The van der Waals surface area contributed by atoms with E-state index in [0.29, 0.717) is 28.9 Å². The predicted octanol–water partition coefficient (Wildman–Crippen LogP) is 1.99. The highest BCUT2D eigenvalue weighted by atomic mass is 32.2. The van der Waals surface area contributed by atoms with Gasteiger partial charge in [-0.25, -0.2) is 0 Å². The molecule has 134 valence electrons. The Labute approximate surface area is 154 Å². The topological polar surface area (TPSA) is 81.3 Å². The number of thioether (sulfide) groups is 1. The second kappa shape index (κ2) is 6.60. The van der Waals surface area contributed by atoms with E-state index in [4.69, 9.17) is 0 Å². The summed E-state index contributed by atoms with van der Waals surface area (Å²) in [5, 5.41) is 12.3. The summed E-state index contributed by atoms with van der Waals surface area (Å²) < 4.78 is 3.38. The molecule has 0 bridgehead atoms. The smallest absolute Gasteiger partial charge is 0.263 e. The van der Waals surface area contributed by atoms with Gasteiger partial charge in [0.15, 0.2) is 5.16 Å². The Morgan fingerprint density at radius 1 is 1.42 bits per heavy atom. The Balaban J connectivity index is 1.82. The van der Waals surface area contributed by atoms with Crippen molar-refractivity contribution >= 4 is 34.3 Å². The van der Waals surface area contributed by atoms with E-state index in [9.17, 15) is 9.59 Å². The van der Waals surface area contributed by atoms with Crippen LogP contribution in [-0.4, -0.2) is 36.4 Å². The number of nitrogens with one attached hydrogen (secondary N) is 1. The van der Waals surface area contributed by atoms with E-state index in [2.05, 4.69) is 22.1 Å². The van der Waals surface area contributed by atoms with E-state index < -0.39 is 0 Å². The van der Waals surface area contributed by atoms with Gasteiger partial charge in [0.1, 0.15) is 0 Å². The minimum atomic E-state index is -0.304. The lowest BCUT2D eigenvalue weighted by Gasteiger charge is -2.12. The van der Waals surface area contributed by atoms with Crippen LogP contribution in [0.25, 0.3) is 16.7 Å². The highest BCUT2D eigenvalue weighted by Gasteiger charge is 2.27. The van der Waals surface area contributed by atoms with Crippen molar-refractivity contribution in [1.29, 1.82) is 0 Å². The van der Waals surface area contributed by atoms with E-state index in [1.165, 1.54) is 11.8 Å². The number of allylic oxidation sites excluding steroid dienone is 1. The highest BCUT2D eigenvalue weighted by molar-refractivity contribution is 8.00. The fraction of sp³-hybridized carbons (Fsp3) is 0.333. The zero-order valence-corrected chi connectivity index (χ0v) is 15.2. The molecule has 0 saturated heterocycles. The van der Waals surface area contributed by atoms with E-state index >= 15 is 0 Å². The molecule has 4 rings (SSSR count). The molecular weight excluding hydrogens is 350 g/mol. The summed E-state index contributed by atoms with van der Waals surface area (Å²) in [7, 11) is 0. The third-order valence-corrected chi connectivity index (χ3v) is 5.41. The van der Waals surface area contributed by atoms with Gasteiger partial charge in [0.25, 0.3) is 5.56 Å². The monoisotopic (exact) mass is 369 g/mol. The first-order chi connectivity index (χ1) is 12.6. The number of nitrogens with zero attached hydrogens (tertiary/aromatic N) is 4. The number of aromatic nitrogens is 4. The molecule has 3 aromatic rings. The zero-order valence-electron chi connectivity index (χ0n) is 14.4. The molecule has 1 fully saturated rings. The van der Waals surface area contributed by atoms with Gasteiger partial charge in [0.2, 0.25) is 11.7 Å². The lowest BCUT2D eigenvalue weighted by atomic mass is 10.2. The first kappa shape index (κ1) is 16.8. The van der Waals surface area contributed by atoms with Crippen LogP contribution in [0.4, 0.5) is 0 Å². The molecule has 1 aromatic carbocycles. The van der Waals surface area contributed by atoms with Crippen molar-refractivity contribution in [1.82, 2.24) is 24.5 Å². The summed E-state index contributed by atoms with van der Waals surface area (Å²) in [4.78, 5) is 25.0. The van der Waals surface area contributed by atoms with E-state index in [1.54, 1.807) is 16.7 Å². The van der Waals surface area contributed by atoms with E-state index in [0.717, 1.165) is 18.4 Å². The third-order valence-electron chi connectivity index (χ3n) is 4.37. The summed E-state index contributed by atoms with van der Waals surface area (Å²) >= 11 is 1.34. The summed E-state index contributed by atoms with van der Waals surface area (Å²) in [5.41, 5.74) is 0.603. The first-order valence-electron chi connectivity index (χ1n) is 8.54. The molecule has 0 spiro atoms. The average Bonchev–Trinajstić information content (AvgIpc) is 3.36. The highest BCUT2D eigenvalue weighted by Crippen LogP contribution is 2.26. The second-order valence-electron chi connectivity index (χ2n) is 6.38. The number of hydrogen-bond acceptors (Lipinski definition) is 5. The van der Waals surface area contributed by atoms with Crippen molar-refractivity contribution in [3.05, 3.63) is 47.3 Å². The number of hydrogen-bond donors (Lipinski definition) is 1. The molecule has 2 aromatic heterocycles. The molecule has 1 atom stereocenters. The molecule has 1 unspecified atom stereocenters. The van der Waals surface area contributed by atoms with Crippen molar-refractivity contribution in [2.45, 2.75) is 42.8 Å². The fourth-order valence-corrected chi connectivity index (χ4v) is 3.73. The van der Waals surface area contributed by atoms with Gasteiger partial charge in [-0.1, -0.05) is 30.0 Å². The van der Waals surface area contributed by atoms with Crippen LogP contribution >= 0.6 is 11.8 Å². The molecule has 26 heavy (non-hydrogen) atoms. The van der Waals surface area contributed by atoms with Gasteiger partial charge in [-0.2, -0.15) is 0 Å². The van der Waals surface area contributed by atoms with Crippen LogP contribution in [0.2, 0.25) is 0 Å². The van der Waals surface area contributed by atoms with Crippen LogP contribution in [0.15, 0.2) is 46.9 Å². The molecule has 7 nitrogen and oxygen atoms in total. The zero-order chi connectivity index (χ0) is 18.3. The SMILES string of the molecule is C=CCn1c(=O)c2ccccc2n2c(SC(C)C(=O)NC3CC3)nnc12. The molecule has 0 aliphatic heterocycles. The summed E-state index contributed by atoms with van der Waals surface area (Å²) in [5.74, 6) is 0.448. The maximum Gasteiger partial charge on any atom is 0.263 e. The van der Waals surface area contributed by atoms with Crippen molar-refractivity contribution in [2.24, 2.45) is 0 Å². The van der Waals surface area contributed by atoms with Crippen LogP contribution in [0, 0.1) is 0 Å². The number of fused-ring (bicyclic) bond motifs is 3. The van der Waals surface area contributed by atoms with Crippen LogP contribution in [0.5, 0.6) is 0 Å².